The summed E-state index contributed by atoms with van der Waals surface area (Å²) in [5.41, 5.74) is 0.534. The van der Waals surface area contributed by atoms with E-state index in [1.807, 2.05) is 0 Å². The fraction of sp³-hybridized carbons (Fsp3) is 0.611. The van der Waals surface area contributed by atoms with Crippen LogP contribution in [0.15, 0.2) is 29.2 Å². The van der Waals surface area contributed by atoms with Crippen molar-refractivity contribution in [2.75, 3.05) is 0 Å². The fourth-order valence-corrected chi connectivity index (χ4v) is 5.42. The SMILES string of the molecule is CC(=O)c1ccc(S(=O)(=O)N[C@@H]2CC[C@H]3CCCC[C@H]3C2)cc1. The van der Waals surface area contributed by atoms with Gasteiger partial charge in [0, 0.05) is 11.6 Å². The normalized spacial score (nSPS) is 28.1. The molecule has 2 fully saturated rings. The van der Waals surface area contributed by atoms with Crippen LogP contribution in [-0.4, -0.2) is 20.2 Å². The van der Waals surface area contributed by atoms with Gasteiger partial charge in [0.25, 0.3) is 0 Å². The van der Waals surface area contributed by atoms with Crippen LogP contribution in [0.2, 0.25) is 0 Å². The first-order chi connectivity index (χ1) is 11.0. The number of ketones is 1. The molecule has 1 aromatic rings. The van der Waals surface area contributed by atoms with Crippen molar-refractivity contribution in [1.82, 2.24) is 4.72 Å². The summed E-state index contributed by atoms with van der Waals surface area (Å²) in [6, 6.07) is 6.24. The van der Waals surface area contributed by atoms with Crippen molar-refractivity contribution in [2.45, 2.75) is 62.8 Å². The van der Waals surface area contributed by atoms with E-state index < -0.39 is 10.0 Å². The number of nitrogens with one attached hydrogen (secondary N) is 1. The smallest absolute Gasteiger partial charge is 0.240 e. The first-order valence-electron chi connectivity index (χ1n) is 8.59. The van der Waals surface area contributed by atoms with Gasteiger partial charge in [0.2, 0.25) is 10.0 Å². The van der Waals surface area contributed by atoms with Gasteiger partial charge < -0.3 is 0 Å². The number of carbonyl (C=O) groups excluding carboxylic acids is 1. The largest absolute Gasteiger partial charge is 0.295 e. The molecule has 23 heavy (non-hydrogen) atoms. The van der Waals surface area contributed by atoms with Gasteiger partial charge in [-0.15, -0.1) is 0 Å². The zero-order valence-electron chi connectivity index (χ0n) is 13.6. The molecule has 2 aliphatic carbocycles. The molecule has 0 bridgehead atoms. The molecule has 0 radical (unpaired) electrons. The summed E-state index contributed by atoms with van der Waals surface area (Å²) in [6.07, 6.45) is 8.22. The van der Waals surface area contributed by atoms with Crippen molar-refractivity contribution in [3.05, 3.63) is 29.8 Å². The number of carbonyl (C=O) groups is 1. The number of benzene rings is 1. The van der Waals surface area contributed by atoms with Gasteiger partial charge in [-0.2, -0.15) is 0 Å². The highest BCUT2D eigenvalue weighted by Gasteiger charge is 2.33. The first kappa shape index (κ1) is 16.7. The minimum atomic E-state index is -3.50. The third-order valence-corrected chi connectivity index (χ3v) is 6.97. The van der Waals surface area contributed by atoms with Crippen LogP contribution in [-0.2, 0) is 10.0 Å². The minimum absolute atomic E-state index is 0.0480. The van der Waals surface area contributed by atoms with Crippen LogP contribution < -0.4 is 4.72 Å². The molecule has 3 atom stereocenters. The molecule has 4 nitrogen and oxygen atoms in total. The molecule has 0 saturated heterocycles. The van der Waals surface area contributed by atoms with Crippen LogP contribution in [0.25, 0.3) is 0 Å². The standard InChI is InChI=1S/C18H25NO3S/c1-13(20)14-7-10-18(11-8-14)23(21,22)19-17-9-6-15-4-2-3-5-16(15)12-17/h7-8,10-11,15-17,19H,2-6,9,12H2,1H3/t15-,16+,17-/m1/s1. The summed E-state index contributed by atoms with van der Waals surface area (Å²) in [4.78, 5) is 11.5. The third-order valence-electron chi connectivity index (χ3n) is 5.43. The Balaban J connectivity index is 1.67. The number of rotatable bonds is 4. The summed E-state index contributed by atoms with van der Waals surface area (Å²) < 4.78 is 28.0. The summed E-state index contributed by atoms with van der Waals surface area (Å²) in [7, 11) is -3.50. The predicted molar refractivity (Wildman–Crippen MR) is 89.9 cm³/mol. The second-order valence-corrected chi connectivity index (χ2v) is 8.73. The predicted octanol–water partition coefficient (Wildman–Crippen LogP) is 3.53. The molecule has 0 spiro atoms. The molecule has 2 saturated carbocycles. The Labute approximate surface area is 138 Å². The first-order valence-corrected chi connectivity index (χ1v) is 10.1. The number of sulfonamides is 1. The van der Waals surface area contributed by atoms with Crippen LogP contribution >= 0.6 is 0 Å². The highest BCUT2D eigenvalue weighted by Crippen LogP contribution is 2.40. The third kappa shape index (κ3) is 3.83. The van der Waals surface area contributed by atoms with E-state index in [-0.39, 0.29) is 16.7 Å². The monoisotopic (exact) mass is 335 g/mol. The maximum atomic E-state index is 12.5. The van der Waals surface area contributed by atoms with Gasteiger partial charge in [0.05, 0.1) is 4.90 Å². The Bertz CT molecular complexity index is 666. The fourth-order valence-electron chi connectivity index (χ4n) is 4.14. The van der Waals surface area contributed by atoms with Crippen molar-refractivity contribution in [3.63, 3.8) is 0 Å². The van der Waals surface area contributed by atoms with E-state index in [4.69, 9.17) is 0 Å². The highest BCUT2D eigenvalue weighted by atomic mass is 32.2. The van der Waals surface area contributed by atoms with Gasteiger partial charge in [0.15, 0.2) is 5.78 Å². The van der Waals surface area contributed by atoms with Crippen molar-refractivity contribution in [2.24, 2.45) is 11.8 Å². The molecule has 0 aromatic heterocycles. The lowest BCUT2D eigenvalue weighted by Gasteiger charge is -2.39. The lowest BCUT2D eigenvalue weighted by molar-refractivity contribution is 0.101. The molecule has 1 aromatic carbocycles. The van der Waals surface area contributed by atoms with Crippen LogP contribution in [0.1, 0.15) is 62.2 Å². The van der Waals surface area contributed by atoms with E-state index in [0.717, 1.165) is 25.2 Å². The summed E-state index contributed by atoms with van der Waals surface area (Å²) >= 11 is 0. The van der Waals surface area contributed by atoms with E-state index in [1.54, 1.807) is 12.1 Å². The van der Waals surface area contributed by atoms with Gasteiger partial charge in [0.1, 0.15) is 0 Å². The molecular weight excluding hydrogens is 310 g/mol. The van der Waals surface area contributed by atoms with Crippen LogP contribution in [0.4, 0.5) is 0 Å². The van der Waals surface area contributed by atoms with Crippen molar-refractivity contribution < 1.29 is 13.2 Å². The molecule has 0 amide bonds. The average Bonchev–Trinajstić information content (AvgIpc) is 2.54. The summed E-state index contributed by atoms with van der Waals surface area (Å²) in [5, 5.41) is 0. The van der Waals surface area contributed by atoms with Gasteiger partial charge in [-0.25, -0.2) is 13.1 Å². The van der Waals surface area contributed by atoms with Gasteiger partial charge >= 0.3 is 0 Å². The van der Waals surface area contributed by atoms with Crippen LogP contribution in [0, 0.1) is 11.8 Å². The number of hydrogen-bond donors (Lipinski definition) is 1. The maximum Gasteiger partial charge on any atom is 0.240 e. The lowest BCUT2D eigenvalue weighted by Crippen LogP contribution is -2.41. The quantitative estimate of drug-likeness (QED) is 0.856. The molecule has 0 aliphatic heterocycles. The highest BCUT2D eigenvalue weighted by molar-refractivity contribution is 7.89. The number of hydrogen-bond acceptors (Lipinski definition) is 3. The molecule has 1 N–H and O–H groups in total. The summed E-state index contributed by atoms with van der Waals surface area (Å²) in [5.74, 6) is 1.43. The van der Waals surface area contributed by atoms with Crippen molar-refractivity contribution in [3.8, 4) is 0 Å². The Kier molecular flexibility index (Phi) is 4.87. The Morgan fingerprint density at radius 2 is 1.65 bits per heavy atom. The average molecular weight is 335 g/mol. The Morgan fingerprint density at radius 1 is 1.00 bits per heavy atom. The maximum absolute atomic E-state index is 12.5. The molecular formula is C18H25NO3S. The number of Topliss-reactive ketones (excluding diaryl/α,β-unsaturated/α-hetero) is 1. The molecule has 5 heteroatoms. The molecule has 3 rings (SSSR count). The molecule has 126 valence electrons. The topological polar surface area (TPSA) is 63.2 Å². The van der Waals surface area contributed by atoms with Crippen molar-refractivity contribution in [1.29, 1.82) is 0 Å². The zero-order chi connectivity index (χ0) is 16.4. The van der Waals surface area contributed by atoms with E-state index in [2.05, 4.69) is 4.72 Å². The van der Waals surface area contributed by atoms with E-state index >= 15 is 0 Å². The molecule has 2 aliphatic rings. The van der Waals surface area contributed by atoms with E-state index in [0.29, 0.717) is 11.5 Å². The second kappa shape index (κ2) is 6.73. The number of fused-ring (bicyclic) bond motifs is 1. The lowest BCUT2D eigenvalue weighted by atomic mass is 9.70. The van der Waals surface area contributed by atoms with E-state index in [1.165, 1.54) is 44.7 Å². The zero-order valence-corrected chi connectivity index (χ0v) is 14.4. The van der Waals surface area contributed by atoms with Crippen LogP contribution in [0.5, 0.6) is 0 Å². The second-order valence-electron chi connectivity index (χ2n) is 7.02. The Morgan fingerprint density at radius 3 is 2.30 bits per heavy atom. The van der Waals surface area contributed by atoms with Gasteiger partial charge in [-0.05, 0) is 50.2 Å². The van der Waals surface area contributed by atoms with Crippen LogP contribution in [0.3, 0.4) is 0 Å². The minimum Gasteiger partial charge on any atom is -0.295 e. The van der Waals surface area contributed by atoms with Crippen molar-refractivity contribution >= 4 is 15.8 Å². The van der Waals surface area contributed by atoms with E-state index in [9.17, 15) is 13.2 Å². The molecule has 0 unspecified atom stereocenters. The summed E-state index contributed by atoms with van der Waals surface area (Å²) in [6.45, 7) is 1.48. The molecule has 0 heterocycles. The Hall–Kier alpha value is -1.20. The van der Waals surface area contributed by atoms with Gasteiger partial charge in [-0.1, -0.05) is 37.8 Å². The van der Waals surface area contributed by atoms with Gasteiger partial charge in [-0.3, -0.25) is 4.79 Å².